The third-order valence-corrected chi connectivity index (χ3v) is 6.49. The number of thioether (sulfide) groups is 1. The summed E-state index contributed by atoms with van der Waals surface area (Å²) in [6, 6.07) is 7.20. The first-order valence-electron chi connectivity index (χ1n) is 9.89. The van der Waals surface area contributed by atoms with Gasteiger partial charge in [-0.15, -0.1) is 0 Å². The summed E-state index contributed by atoms with van der Waals surface area (Å²) in [6.07, 6.45) is 1.56. The van der Waals surface area contributed by atoms with E-state index in [1.54, 1.807) is 25.1 Å². The monoisotopic (exact) mass is 566 g/mol. The molecule has 3 rings (SSSR count). The highest BCUT2D eigenvalue weighted by molar-refractivity contribution is 14.1. The molecule has 1 heterocycles. The molecule has 1 aliphatic heterocycles. The predicted molar refractivity (Wildman–Crippen MR) is 134 cm³/mol. The van der Waals surface area contributed by atoms with E-state index >= 15 is 0 Å². The molecule has 0 aliphatic carbocycles. The van der Waals surface area contributed by atoms with Crippen molar-refractivity contribution in [1.82, 2.24) is 4.90 Å². The number of carbonyl (C=O) groups excluding carboxylic acids is 3. The average Bonchev–Trinajstić information content (AvgIpc) is 2.96. The molecule has 0 saturated carbocycles. The summed E-state index contributed by atoms with van der Waals surface area (Å²) in [5, 5.41) is 12.4. The van der Waals surface area contributed by atoms with E-state index < -0.39 is 17.1 Å². The fourth-order valence-electron chi connectivity index (χ4n) is 3.43. The van der Waals surface area contributed by atoms with Crippen LogP contribution in [0.25, 0.3) is 6.08 Å². The predicted octanol–water partition coefficient (Wildman–Crippen LogP) is 5.00. The molecule has 7 nitrogen and oxygen atoms in total. The SMILES string of the molecule is CCOc1cc(/C=C2/SC(=O)N(CC(=O)Nc3c(C)cc(C)cc3C)C2=O)cc(I)c1O. The highest BCUT2D eigenvalue weighted by Gasteiger charge is 2.36. The van der Waals surface area contributed by atoms with Crippen LogP contribution in [-0.4, -0.2) is 40.2 Å². The zero-order chi connectivity index (χ0) is 23.6. The molecule has 2 N–H and O–H groups in total. The number of hydrogen-bond donors (Lipinski definition) is 2. The number of aromatic hydroxyl groups is 1. The molecule has 0 atom stereocenters. The summed E-state index contributed by atoms with van der Waals surface area (Å²) in [5.74, 6) is -0.654. The maximum Gasteiger partial charge on any atom is 0.294 e. The first-order chi connectivity index (χ1) is 15.1. The second-order valence-electron chi connectivity index (χ2n) is 7.37. The smallest absolute Gasteiger partial charge is 0.294 e. The standard InChI is InChI=1S/C23H23IN2O5S/c1-5-31-17-9-15(8-16(24)21(17)28)10-18-22(29)26(23(30)32-18)11-19(27)25-20-13(3)6-12(2)7-14(20)4/h6-10,28H,5,11H2,1-4H3,(H,25,27)/b18-10+. The Hall–Kier alpha value is -2.53. The van der Waals surface area contributed by atoms with Crippen molar-refractivity contribution < 1.29 is 24.2 Å². The summed E-state index contributed by atoms with van der Waals surface area (Å²) in [7, 11) is 0. The minimum absolute atomic E-state index is 0.0241. The van der Waals surface area contributed by atoms with Crippen LogP contribution in [0.4, 0.5) is 10.5 Å². The van der Waals surface area contributed by atoms with E-state index in [1.807, 2.05) is 55.5 Å². The van der Waals surface area contributed by atoms with Gasteiger partial charge in [-0.2, -0.15) is 0 Å². The van der Waals surface area contributed by atoms with E-state index in [-0.39, 0.29) is 17.2 Å². The Balaban J connectivity index is 1.77. The number of carbonyl (C=O) groups is 3. The molecule has 32 heavy (non-hydrogen) atoms. The molecule has 0 aromatic heterocycles. The fourth-order valence-corrected chi connectivity index (χ4v) is 4.89. The molecular weight excluding hydrogens is 543 g/mol. The normalized spacial score (nSPS) is 14.9. The Morgan fingerprint density at radius 1 is 1.19 bits per heavy atom. The van der Waals surface area contributed by atoms with Gasteiger partial charge in [-0.25, -0.2) is 0 Å². The van der Waals surface area contributed by atoms with Gasteiger partial charge in [0.05, 0.1) is 15.1 Å². The van der Waals surface area contributed by atoms with Crippen LogP contribution in [0.1, 0.15) is 29.2 Å². The lowest BCUT2D eigenvalue weighted by Crippen LogP contribution is -2.36. The van der Waals surface area contributed by atoms with Gasteiger partial charge in [0.15, 0.2) is 11.5 Å². The number of rotatable bonds is 6. The van der Waals surface area contributed by atoms with Gasteiger partial charge in [-0.05, 0) is 96.9 Å². The number of halogens is 1. The third kappa shape index (κ3) is 5.26. The molecule has 1 saturated heterocycles. The molecule has 0 radical (unpaired) electrons. The Bertz CT molecular complexity index is 1120. The van der Waals surface area contributed by atoms with Crippen molar-refractivity contribution >= 4 is 63.2 Å². The van der Waals surface area contributed by atoms with Gasteiger partial charge in [-0.1, -0.05) is 17.7 Å². The Morgan fingerprint density at radius 3 is 2.47 bits per heavy atom. The third-order valence-electron chi connectivity index (χ3n) is 4.77. The van der Waals surface area contributed by atoms with Gasteiger partial charge in [-0.3, -0.25) is 19.3 Å². The molecule has 0 unspecified atom stereocenters. The number of imide groups is 1. The minimum Gasteiger partial charge on any atom is -0.504 e. The zero-order valence-corrected chi connectivity index (χ0v) is 21.1. The van der Waals surface area contributed by atoms with E-state index in [0.717, 1.165) is 33.4 Å². The molecular formula is C23H23IN2O5S. The van der Waals surface area contributed by atoms with Crippen molar-refractivity contribution in [3.8, 4) is 11.5 Å². The van der Waals surface area contributed by atoms with Crippen LogP contribution < -0.4 is 10.1 Å². The molecule has 2 aromatic carbocycles. The quantitative estimate of drug-likeness (QED) is 0.378. The molecule has 0 bridgehead atoms. The van der Waals surface area contributed by atoms with Gasteiger partial charge in [0.1, 0.15) is 6.54 Å². The summed E-state index contributed by atoms with van der Waals surface area (Å²) in [4.78, 5) is 38.9. The van der Waals surface area contributed by atoms with Crippen LogP contribution >= 0.6 is 34.4 Å². The van der Waals surface area contributed by atoms with Gasteiger partial charge in [0, 0.05) is 5.69 Å². The number of phenols is 1. The van der Waals surface area contributed by atoms with Gasteiger partial charge in [0.2, 0.25) is 5.91 Å². The van der Waals surface area contributed by atoms with Gasteiger partial charge < -0.3 is 15.2 Å². The number of amides is 3. The van der Waals surface area contributed by atoms with Crippen LogP contribution in [0, 0.1) is 24.3 Å². The maximum atomic E-state index is 12.8. The molecule has 1 fully saturated rings. The molecule has 168 valence electrons. The molecule has 1 aliphatic rings. The summed E-state index contributed by atoms with van der Waals surface area (Å²) in [6.45, 7) is 7.58. The number of anilines is 1. The van der Waals surface area contributed by atoms with E-state index in [0.29, 0.717) is 27.2 Å². The van der Waals surface area contributed by atoms with E-state index in [2.05, 4.69) is 5.32 Å². The first-order valence-corrected chi connectivity index (χ1v) is 11.8. The second-order valence-corrected chi connectivity index (χ2v) is 9.53. The second kappa shape index (κ2) is 9.95. The first kappa shape index (κ1) is 24.1. The average molecular weight is 566 g/mol. The zero-order valence-electron chi connectivity index (χ0n) is 18.1. The molecule has 3 amide bonds. The molecule has 0 spiro atoms. The molecule has 9 heteroatoms. The highest BCUT2D eigenvalue weighted by Crippen LogP contribution is 2.36. The number of nitrogens with one attached hydrogen (secondary N) is 1. The van der Waals surface area contributed by atoms with Crippen LogP contribution in [0.15, 0.2) is 29.2 Å². The maximum absolute atomic E-state index is 12.8. The summed E-state index contributed by atoms with van der Waals surface area (Å²) < 4.78 is 5.98. The van der Waals surface area contributed by atoms with Crippen molar-refractivity contribution in [3.05, 3.63) is 55.0 Å². The fraction of sp³-hybridized carbons (Fsp3) is 0.261. The van der Waals surface area contributed by atoms with Gasteiger partial charge in [0.25, 0.3) is 11.1 Å². The van der Waals surface area contributed by atoms with Crippen LogP contribution in [0.3, 0.4) is 0 Å². The van der Waals surface area contributed by atoms with E-state index in [1.165, 1.54) is 0 Å². The van der Waals surface area contributed by atoms with Crippen molar-refractivity contribution in [3.63, 3.8) is 0 Å². The number of nitrogens with zero attached hydrogens (tertiary/aromatic N) is 1. The molecule has 2 aromatic rings. The Labute approximate surface area is 204 Å². The highest BCUT2D eigenvalue weighted by atomic mass is 127. The number of hydrogen-bond acceptors (Lipinski definition) is 6. The number of ether oxygens (including phenoxy) is 1. The minimum atomic E-state index is -0.534. The van der Waals surface area contributed by atoms with E-state index in [4.69, 9.17) is 4.74 Å². The summed E-state index contributed by atoms with van der Waals surface area (Å²) in [5.41, 5.74) is 4.21. The van der Waals surface area contributed by atoms with Gasteiger partial charge >= 0.3 is 0 Å². The Morgan fingerprint density at radius 2 is 1.84 bits per heavy atom. The Kier molecular flexibility index (Phi) is 7.50. The van der Waals surface area contributed by atoms with Crippen LogP contribution in [-0.2, 0) is 9.59 Å². The lowest BCUT2D eigenvalue weighted by Gasteiger charge is -2.16. The largest absolute Gasteiger partial charge is 0.504 e. The topological polar surface area (TPSA) is 95.9 Å². The number of benzene rings is 2. The lowest BCUT2D eigenvalue weighted by atomic mass is 10.1. The van der Waals surface area contributed by atoms with Crippen molar-refractivity contribution in [2.24, 2.45) is 0 Å². The number of phenolic OH excluding ortho intramolecular Hbond substituents is 1. The number of aryl methyl sites for hydroxylation is 3. The lowest BCUT2D eigenvalue weighted by molar-refractivity contribution is -0.127. The van der Waals surface area contributed by atoms with Crippen molar-refractivity contribution in [2.75, 3.05) is 18.5 Å². The van der Waals surface area contributed by atoms with Crippen LogP contribution in [0.2, 0.25) is 0 Å². The summed E-state index contributed by atoms with van der Waals surface area (Å²) >= 11 is 2.74. The van der Waals surface area contributed by atoms with Crippen molar-refractivity contribution in [2.45, 2.75) is 27.7 Å². The van der Waals surface area contributed by atoms with Crippen molar-refractivity contribution in [1.29, 1.82) is 0 Å². The van der Waals surface area contributed by atoms with E-state index in [9.17, 15) is 19.5 Å². The van der Waals surface area contributed by atoms with Crippen LogP contribution in [0.5, 0.6) is 11.5 Å².